The van der Waals surface area contributed by atoms with Gasteiger partial charge in [-0.2, -0.15) is 0 Å². The summed E-state index contributed by atoms with van der Waals surface area (Å²) in [5.74, 6) is 1.43. The lowest BCUT2D eigenvalue weighted by atomic mass is 10.1. The Morgan fingerprint density at radius 2 is 1.74 bits per heavy atom. The van der Waals surface area contributed by atoms with E-state index in [1.165, 1.54) is 0 Å². The number of anilines is 1. The Labute approximate surface area is 134 Å². The molecule has 0 bridgehead atoms. The van der Waals surface area contributed by atoms with Gasteiger partial charge in [-0.05, 0) is 37.3 Å². The zero-order valence-corrected chi connectivity index (χ0v) is 13.3. The molecule has 1 aromatic heterocycles. The molecule has 0 spiro atoms. The lowest BCUT2D eigenvalue weighted by molar-refractivity contribution is 0.411. The minimum atomic E-state index is 0.631. The van der Waals surface area contributed by atoms with E-state index in [0.717, 1.165) is 28.3 Å². The molecule has 0 saturated carbocycles. The first-order valence-electron chi connectivity index (χ1n) is 7.13. The predicted molar refractivity (Wildman–Crippen MR) is 89.0 cm³/mol. The summed E-state index contributed by atoms with van der Waals surface area (Å²) in [6, 6.07) is 11.3. The number of hydrogen-bond donors (Lipinski definition) is 1. The zero-order valence-electron chi connectivity index (χ0n) is 13.3. The Hall–Kier alpha value is -3.02. The molecule has 0 radical (unpaired) electrons. The smallest absolute Gasteiger partial charge is 0.144 e. The number of rotatable bonds is 4. The normalized spacial score (nSPS) is 10.6. The van der Waals surface area contributed by atoms with Crippen LogP contribution in [0.2, 0.25) is 0 Å². The molecule has 0 aliphatic rings. The quantitative estimate of drug-likeness (QED) is 0.750. The van der Waals surface area contributed by atoms with Gasteiger partial charge in [0.05, 0.1) is 20.4 Å². The fourth-order valence-electron chi connectivity index (χ4n) is 2.41. The van der Waals surface area contributed by atoms with Gasteiger partial charge in [-0.3, -0.25) is 0 Å². The molecule has 0 unspecified atom stereocenters. The lowest BCUT2D eigenvalue weighted by Crippen LogP contribution is -2.00. The van der Waals surface area contributed by atoms with Gasteiger partial charge < -0.3 is 15.2 Å². The SMILES string of the molecule is COc1ccc(C)cc1-c1cn(-c2cc(N)ccc2OC)nn1. The zero-order chi connectivity index (χ0) is 16.4. The topological polar surface area (TPSA) is 75.2 Å². The van der Waals surface area contributed by atoms with Crippen LogP contribution in [0, 0.1) is 6.92 Å². The molecule has 118 valence electrons. The second-order valence-corrected chi connectivity index (χ2v) is 5.18. The fraction of sp³-hybridized carbons (Fsp3) is 0.176. The van der Waals surface area contributed by atoms with E-state index in [1.807, 2.05) is 31.3 Å². The van der Waals surface area contributed by atoms with Crippen molar-refractivity contribution in [2.45, 2.75) is 6.92 Å². The highest BCUT2D eigenvalue weighted by molar-refractivity contribution is 5.68. The third kappa shape index (κ3) is 2.83. The number of nitrogens with zero attached hydrogens (tertiary/aromatic N) is 3. The van der Waals surface area contributed by atoms with Crippen LogP contribution in [0.5, 0.6) is 11.5 Å². The molecule has 6 heteroatoms. The molecular formula is C17H18N4O2. The van der Waals surface area contributed by atoms with Gasteiger partial charge in [0.25, 0.3) is 0 Å². The van der Waals surface area contributed by atoms with Crippen molar-refractivity contribution < 1.29 is 9.47 Å². The maximum absolute atomic E-state index is 5.87. The molecule has 3 aromatic rings. The average molecular weight is 310 g/mol. The van der Waals surface area contributed by atoms with E-state index in [0.29, 0.717) is 11.4 Å². The van der Waals surface area contributed by atoms with E-state index in [2.05, 4.69) is 10.3 Å². The third-order valence-corrected chi connectivity index (χ3v) is 3.57. The number of aryl methyl sites for hydroxylation is 1. The molecule has 0 aliphatic carbocycles. The minimum absolute atomic E-state index is 0.631. The molecule has 0 saturated heterocycles. The first-order valence-corrected chi connectivity index (χ1v) is 7.13. The molecule has 0 amide bonds. The van der Waals surface area contributed by atoms with Crippen LogP contribution < -0.4 is 15.2 Å². The first kappa shape index (κ1) is 14.9. The standard InChI is InChI=1S/C17H18N4O2/c1-11-4-6-16(22-2)13(8-11)14-10-21(20-19-14)15-9-12(18)5-7-17(15)23-3/h4-10H,18H2,1-3H3. The van der Waals surface area contributed by atoms with E-state index in [4.69, 9.17) is 15.2 Å². The van der Waals surface area contributed by atoms with Crippen molar-refractivity contribution in [3.63, 3.8) is 0 Å². The predicted octanol–water partition coefficient (Wildman–Crippen LogP) is 2.84. The average Bonchev–Trinajstić information content (AvgIpc) is 3.04. The number of ether oxygens (including phenoxy) is 2. The van der Waals surface area contributed by atoms with Crippen LogP contribution >= 0.6 is 0 Å². The van der Waals surface area contributed by atoms with Gasteiger partial charge in [0.2, 0.25) is 0 Å². The van der Waals surface area contributed by atoms with Crippen molar-refractivity contribution in [3.8, 4) is 28.4 Å². The molecule has 2 N–H and O–H groups in total. The summed E-state index contributed by atoms with van der Waals surface area (Å²) in [5, 5.41) is 8.45. The van der Waals surface area contributed by atoms with Crippen LogP contribution in [-0.2, 0) is 0 Å². The highest BCUT2D eigenvalue weighted by Crippen LogP contribution is 2.31. The summed E-state index contributed by atoms with van der Waals surface area (Å²) in [7, 11) is 3.25. The second-order valence-electron chi connectivity index (χ2n) is 5.18. The summed E-state index contributed by atoms with van der Waals surface area (Å²) in [5.41, 5.74) is 9.96. The Balaban J connectivity index is 2.08. The van der Waals surface area contributed by atoms with Gasteiger partial charge in [-0.25, -0.2) is 4.68 Å². The first-order chi connectivity index (χ1) is 11.1. The monoisotopic (exact) mass is 310 g/mol. The second kappa shape index (κ2) is 6.00. The highest BCUT2D eigenvalue weighted by Gasteiger charge is 2.13. The van der Waals surface area contributed by atoms with Gasteiger partial charge in [0.15, 0.2) is 0 Å². The number of hydrogen-bond acceptors (Lipinski definition) is 5. The van der Waals surface area contributed by atoms with Crippen molar-refractivity contribution in [1.29, 1.82) is 0 Å². The molecule has 0 atom stereocenters. The molecule has 1 heterocycles. The van der Waals surface area contributed by atoms with E-state index in [-0.39, 0.29) is 0 Å². The number of methoxy groups -OCH3 is 2. The maximum Gasteiger partial charge on any atom is 0.144 e. The molecule has 3 rings (SSSR count). The number of benzene rings is 2. The van der Waals surface area contributed by atoms with E-state index in [1.54, 1.807) is 37.1 Å². The summed E-state index contributed by atoms with van der Waals surface area (Å²) >= 11 is 0. The molecule has 23 heavy (non-hydrogen) atoms. The molecule has 0 aliphatic heterocycles. The van der Waals surface area contributed by atoms with Gasteiger partial charge in [-0.15, -0.1) is 5.10 Å². The number of nitrogens with two attached hydrogens (primary N) is 1. The maximum atomic E-state index is 5.87. The van der Waals surface area contributed by atoms with Crippen LogP contribution in [0.15, 0.2) is 42.6 Å². The Bertz CT molecular complexity index is 774. The van der Waals surface area contributed by atoms with Crippen molar-refractivity contribution in [2.24, 2.45) is 0 Å². The Morgan fingerprint density at radius 1 is 1.00 bits per heavy atom. The largest absolute Gasteiger partial charge is 0.496 e. The fourth-order valence-corrected chi connectivity index (χ4v) is 2.41. The van der Waals surface area contributed by atoms with Crippen LogP contribution in [-0.4, -0.2) is 29.2 Å². The van der Waals surface area contributed by atoms with Gasteiger partial charge in [0, 0.05) is 11.3 Å². The minimum Gasteiger partial charge on any atom is -0.496 e. The summed E-state index contributed by atoms with van der Waals surface area (Å²) in [6.45, 7) is 2.02. The summed E-state index contributed by atoms with van der Waals surface area (Å²) in [4.78, 5) is 0. The van der Waals surface area contributed by atoms with Crippen LogP contribution in [0.3, 0.4) is 0 Å². The van der Waals surface area contributed by atoms with Crippen molar-refractivity contribution in [3.05, 3.63) is 48.2 Å². The van der Waals surface area contributed by atoms with E-state index < -0.39 is 0 Å². The highest BCUT2D eigenvalue weighted by atomic mass is 16.5. The molecule has 0 fully saturated rings. The Kier molecular flexibility index (Phi) is 3.89. The summed E-state index contributed by atoms with van der Waals surface area (Å²) in [6.07, 6.45) is 1.83. The van der Waals surface area contributed by atoms with Crippen LogP contribution in [0.4, 0.5) is 5.69 Å². The summed E-state index contributed by atoms with van der Waals surface area (Å²) < 4.78 is 12.4. The lowest BCUT2D eigenvalue weighted by Gasteiger charge is -2.08. The number of nitrogen functional groups attached to an aromatic ring is 1. The molecule has 2 aromatic carbocycles. The Morgan fingerprint density at radius 3 is 2.48 bits per heavy atom. The van der Waals surface area contributed by atoms with Gasteiger partial charge in [-0.1, -0.05) is 16.8 Å². The number of aromatic nitrogens is 3. The van der Waals surface area contributed by atoms with Gasteiger partial charge in [0.1, 0.15) is 22.9 Å². The van der Waals surface area contributed by atoms with Gasteiger partial charge >= 0.3 is 0 Å². The molecule has 6 nitrogen and oxygen atoms in total. The van der Waals surface area contributed by atoms with Crippen LogP contribution in [0.25, 0.3) is 16.9 Å². The third-order valence-electron chi connectivity index (χ3n) is 3.57. The van der Waals surface area contributed by atoms with Crippen LogP contribution in [0.1, 0.15) is 5.56 Å². The van der Waals surface area contributed by atoms with Crippen molar-refractivity contribution >= 4 is 5.69 Å². The van der Waals surface area contributed by atoms with E-state index in [9.17, 15) is 0 Å². The molecular weight excluding hydrogens is 292 g/mol. The van der Waals surface area contributed by atoms with Crippen molar-refractivity contribution in [1.82, 2.24) is 15.0 Å². The van der Waals surface area contributed by atoms with E-state index >= 15 is 0 Å². The van der Waals surface area contributed by atoms with Crippen molar-refractivity contribution in [2.75, 3.05) is 20.0 Å².